The van der Waals surface area contributed by atoms with Crippen molar-refractivity contribution >= 4 is 15.9 Å². The Morgan fingerprint density at radius 3 is 2.81 bits per heavy atom. The number of hydrogen-bond acceptors (Lipinski definition) is 2. The summed E-state index contributed by atoms with van der Waals surface area (Å²) in [4.78, 5) is 4.29. The van der Waals surface area contributed by atoms with Crippen LogP contribution >= 0.6 is 15.9 Å². The van der Waals surface area contributed by atoms with Gasteiger partial charge < -0.3 is 4.74 Å². The maximum Gasteiger partial charge on any atom is 0.227 e. The van der Waals surface area contributed by atoms with Gasteiger partial charge in [0.25, 0.3) is 0 Å². The monoisotopic (exact) mass is 283 g/mol. The van der Waals surface area contributed by atoms with E-state index in [1.54, 1.807) is 0 Å². The molecule has 88 valence electrons. The van der Waals surface area contributed by atoms with Crippen LogP contribution in [0.3, 0.4) is 0 Å². The minimum atomic E-state index is 0.726. The lowest BCUT2D eigenvalue weighted by atomic mass is 9.90. The molecular formula is C13H18BrNO. The molecule has 1 aliphatic carbocycles. The number of aryl methyl sites for hydroxylation is 1. The Kier molecular flexibility index (Phi) is 4.22. The first-order chi connectivity index (χ1) is 7.75. The fourth-order valence-electron chi connectivity index (χ4n) is 2.18. The van der Waals surface area contributed by atoms with Crippen LogP contribution in [0.4, 0.5) is 0 Å². The van der Waals surface area contributed by atoms with Crippen LogP contribution in [-0.4, -0.2) is 11.6 Å². The lowest BCUT2D eigenvalue weighted by Crippen LogP contribution is -2.15. The third-order valence-corrected chi connectivity index (χ3v) is 3.69. The van der Waals surface area contributed by atoms with Crippen LogP contribution in [-0.2, 0) is 0 Å². The summed E-state index contributed by atoms with van der Waals surface area (Å²) in [5.41, 5.74) is 1.15. The van der Waals surface area contributed by atoms with Gasteiger partial charge in [0.05, 0.1) is 11.1 Å². The van der Waals surface area contributed by atoms with Crippen LogP contribution in [0.1, 0.15) is 37.7 Å². The second-order valence-electron chi connectivity index (χ2n) is 4.61. The van der Waals surface area contributed by atoms with E-state index in [9.17, 15) is 0 Å². The summed E-state index contributed by atoms with van der Waals surface area (Å²) in [5, 5.41) is 0. The topological polar surface area (TPSA) is 22.1 Å². The van der Waals surface area contributed by atoms with Gasteiger partial charge in [-0.2, -0.15) is 0 Å². The number of pyridine rings is 1. The first-order valence-electron chi connectivity index (χ1n) is 6.00. The highest BCUT2D eigenvalue weighted by Gasteiger charge is 2.14. The van der Waals surface area contributed by atoms with E-state index < -0.39 is 0 Å². The van der Waals surface area contributed by atoms with E-state index in [0.29, 0.717) is 0 Å². The van der Waals surface area contributed by atoms with E-state index in [0.717, 1.165) is 28.4 Å². The van der Waals surface area contributed by atoms with Gasteiger partial charge in [-0.3, -0.25) is 0 Å². The maximum atomic E-state index is 5.77. The van der Waals surface area contributed by atoms with E-state index in [-0.39, 0.29) is 0 Å². The standard InChI is InChI=1S/C13H18BrNO/c1-10-7-12(14)13(15-8-10)16-9-11-5-3-2-4-6-11/h7-8,11H,2-6,9H2,1H3. The third kappa shape index (κ3) is 3.21. The number of ether oxygens (including phenoxy) is 1. The predicted molar refractivity (Wildman–Crippen MR) is 68.7 cm³/mol. The van der Waals surface area contributed by atoms with Crippen LogP contribution in [0.5, 0.6) is 5.88 Å². The van der Waals surface area contributed by atoms with Gasteiger partial charge in [-0.1, -0.05) is 19.3 Å². The quantitative estimate of drug-likeness (QED) is 0.833. The molecule has 0 aromatic carbocycles. The molecule has 1 aliphatic rings. The van der Waals surface area contributed by atoms with Crippen molar-refractivity contribution in [3.05, 3.63) is 22.3 Å². The van der Waals surface area contributed by atoms with Gasteiger partial charge in [-0.15, -0.1) is 0 Å². The Balaban J connectivity index is 1.88. The molecule has 0 unspecified atom stereocenters. The molecule has 3 heteroatoms. The van der Waals surface area contributed by atoms with Crippen LogP contribution < -0.4 is 4.74 Å². The van der Waals surface area contributed by atoms with Crippen molar-refractivity contribution in [2.24, 2.45) is 5.92 Å². The Hall–Kier alpha value is -0.570. The van der Waals surface area contributed by atoms with Gasteiger partial charge in [-0.25, -0.2) is 4.98 Å². The molecule has 1 saturated carbocycles. The molecule has 1 aromatic heterocycles. The van der Waals surface area contributed by atoms with Crippen LogP contribution in [0.15, 0.2) is 16.7 Å². The van der Waals surface area contributed by atoms with Gasteiger partial charge in [0.15, 0.2) is 0 Å². The van der Waals surface area contributed by atoms with Crippen molar-refractivity contribution < 1.29 is 4.74 Å². The molecule has 0 atom stereocenters. The highest BCUT2D eigenvalue weighted by Crippen LogP contribution is 2.27. The molecule has 2 nitrogen and oxygen atoms in total. The Morgan fingerprint density at radius 1 is 1.38 bits per heavy atom. The molecule has 0 N–H and O–H groups in total. The fraction of sp³-hybridized carbons (Fsp3) is 0.615. The Bertz CT molecular complexity index is 348. The van der Waals surface area contributed by atoms with Crippen molar-refractivity contribution in [2.75, 3.05) is 6.61 Å². The van der Waals surface area contributed by atoms with Gasteiger partial charge in [0, 0.05) is 6.20 Å². The van der Waals surface area contributed by atoms with Crippen molar-refractivity contribution in [1.82, 2.24) is 4.98 Å². The van der Waals surface area contributed by atoms with Crippen LogP contribution in [0.2, 0.25) is 0 Å². The number of halogens is 1. The molecule has 16 heavy (non-hydrogen) atoms. The fourth-order valence-corrected chi connectivity index (χ4v) is 2.76. The predicted octanol–water partition coefficient (Wildman–Crippen LogP) is 4.11. The molecule has 0 bridgehead atoms. The molecule has 1 fully saturated rings. The summed E-state index contributed by atoms with van der Waals surface area (Å²) in [6.07, 6.45) is 8.57. The molecule has 1 heterocycles. The highest BCUT2D eigenvalue weighted by molar-refractivity contribution is 9.10. The summed E-state index contributed by atoms with van der Waals surface area (Å²) < 4.78 is 6.73. The highest BCUT2D eigenvalue weighted by atomic mass is 79.9. The van der Waals surface area contributed by atoms with E-state index in [2.05, 4.69) is 20.9 Å². The molecular weight excluding hydrogens is 266 g/mol. The zero-order valence-electron chi connectivity index (χ0n) is 9.71. The Morgan fingerprint density at radius 2 is 2.12 bits per heavy atom. The minimum absolute atomic E-state index is 0.726. The smallest absolute Gasteiger partial charge is 0.227 e. The number of aromatic nitrogens is 1. The summed E-state index contributed by atoms with van der Waals surface area (Å²) in [6.45, 7) is 2.84. The number of nitrogens with zero attached hydrogens (tertiary/aromatic N) is 1. The first-order valence-corrected chi connectivity index (χ1v) is 6.80. The average Bonchev–Trinajstić information content (AvgIpc) is 2.29. The van der Waals surface area contributed by atoms with E-state index in [1.165, 1.54) is 32.1 Å². The maximum absolute atomic E-state index is 5.77. The van der Waals surface area contributed by atoms with E-state index in [1.807, 2.05) is 19.2 Å². The summed E-state index contributed by atoms with van der Waals surface area (Å²) in [7, 11) is 0. The average molecular weight is 284 g/mol. The first kappa shape index (κ1) is 11.9. The second kappa shape index (κ2) is 5.67. The summed E-state index contributed by atoms with van der Waals surface area (Å²) in [5.74, 6) is 1.46. The zero-order chi connectivity index (χ0) is 11.4. The van der Waals surface area contributed by atoms with Gasteiger partial charge in [0.2, 0.25) is 5.88 Å². The van der Waals surface area contributed by atoms with Gasteiger partial charge in [0.1, 0.15) is 0 Å². The lowest BCUT2D eigenvalue weighted by Gasteiger charge is -2.21. The normalized spacial score (nSPS) is 17.4. The zero-order valence-corrected chi connectivity index (χ0v) is 11.3. The van der Waals surface area contributed by atoms with Crippen molar-refractivity contribution in [3.63, 3.8) is 0 Å². The van der Waals surface area contributed by atoms with Crippen LogP contribution in [0, 0.1) is 12.8 Å². The van der Waals surface area contributed by atoms with Gasteiger partial charge >= 0.3 is 0 Å². The number of rotatable bonds is 3. The molecule has 0 amide bonds. The summed E-state index contributed by atoms with van der Waals surface area (Å²) in [6, 6.07) is 2.04. The van der Waals surface area contributed by atoms with Crippen LogP contribution in [0.25, 0.3) is 0 Å². The molecule has 0 radical (unpaired) electrons. The molecule has 2 rings (SSSR count). The van der Waals surface area contributed by atoms with Gasteiger partial charge in [-0.05, 0) is 53.2 Å². The van der Waals surface area contributed by atoms with Crippen molar-refractivity contribution in [1.29, 1.82) is 0 Å². The molecule has 0 saturated heterocycles. The lowest BCUT2D eigenvalue weighted by molar-refractivity contribution is 0.202. The largest absolute Gasteiger partial charge is 0.477 e. The molecule has 1 aromatic rings. The van der Waals surface area contributed by atoms with Crippen molar-refractivity contribution in [2.45, 2.75) is 39.0 Å². The van der Waals surface area contributed by atoms with E-state index in [4.69, 9.17) is 4.74 Å². The summed E-state index contributed by atoms with van der Waals surface area (Å²) >= 11 is 3.48. The third-order valence-electron chi connectivity index (χ3n) is 3.12. The number of hydrogen-bond donors (Lipinski definition) is 0. The Labute approximate surface area is 106 Å². The van der Waals surface area contributed by atoms with Crippen molar-refractivity contribution in [3.8, 4) is 5.88 Å². The second-order valence-corrected chi connectivity index (χ2v) is 5.47. The molecule has 0 spiro atoms. The SMILES string of the molecule is Cc1cnc(OCC2CCCCC2)c(Br)c1. The minimum Gasteiger partial charge on any atom is -0.477 e. The van der Waals surface area contributed by atoms with E-state index >= 15 is 0 Å². The molecule has 0 aliphatic heterocycles.